The summed E-state index contributed by atoms with van der Waals surface area (Å²) in [5, 5.41) is 14.4. The first-order valence-electron chi connectivity index (χ1n) is 11.0. The number of amides is 3. The van der Waals surface area contributed by atoms with Crippen molar-refractivity contribution >= 4 is 17.7 Å². The molecule has 1 aliphatic heterocycles. The number of fused-ring (bicyclic) bond motifs is 1. The monoisotopic (exact) mass is 460 g/mol. The summed E-state index contributed by atoms with van der Waals surface area (Å²) in [6.07, 6.45) is 0. The van der Waals surface area contributed by atoms with Crippen LogP contribution in [0.3, 0.4) is 0 Å². The van der Waals surface area contributed by atoms with E-state index in [2.05, 4.69) is 10.6 Å². The molecule has 0 aromatic heterocycles. The summed E-state index contributed by atoms with van der Waals surface area (Å²) in [6.45, 7) is 11.3. The number of likely N-dealkylation sites (tertiary alicyclic amines) is 1. The van der Waals surface area contributed by atoms with E-state index in [1.54, 1.807) is 27.7 Å². The molecule has 1 saturated carbocycles. The summed E-state index contributed by atoms with van der Waals surface area (Å²) in [5.74, 6) is -3.68. The molecule has 2 fully saturated rings. The lowest BCUT2D eigenvalue weighted by Gasteiger charge is -2.37. The lowest BCUT2D eigenvalue weighted by molar-refractivity contribution is -0.143. The van der Waals surface area contributed by atoms with Crippen LogP contribution in [0.15, 0.2) is 18.2 Å². The van der Waals surface area contributed by atoms with Gasteiger partial charge in [0, 0.05) is 12.1 Å². The van der Waals surface area contributed by atoms with Crippen LogP contribution in [0.25, 0.3) is 0 Å². The summed E-state index contributed by atoms with van der Waals surface area (Å²) in [7, 11) is 0. The first-order valence-corrected chi connectivity index (χ1v) is 11.0. The highest BCUT2D eigenvalue weighted by atomic mass is 19.2. The normalized spacial score (nSPS) is 24.8. The molecule has 3 amide bonds. The van der Waals surface area contributed by atoms with E-state index in [4.69, 9.17) is 5.26 Å². The van der Waals surface area contributed by atoms with Crippen LogP contribution in [0.5, 0.6) is 0 Å². The highest BCUT2D eigenvalue weighted by molar-refractivity contribution is 5.99. The topological polar surface area (TPSA) is 102 Å². The summed E-state index contributed by atoms with van der Waals surface area (Å²) in [6, 6.07) is 2.27. The molecule has 0 radical (unpaired) electrons. The van der Waals surface area contributed by atoms with Gasteiger partial charge >= 0.3 is 0 Å². The molecule has 7 nitrogen and oxygen atoms in total. The van der Waals surface area contributed by atoms with Crippen molar-refractivity contribution in [2.24, 2.45) is 22.7 Å². The molecule has 0 spiro atoms. The van der Waals surface area contributed by atoms with Gasteiger partial charge in [0.05, 0.1) is 6.07 Å². The Morgan fingerprint density at radius 3 is 2.36 bits per heavy atom. The van der Waals surface area contributed by atoms with E-state index in [1.807, 2.05) is 19.9 Å². The van der Waals surface area contributed by atoms with Gasteiger partial charge in [-0.25, -0.2) is 8.78 Å². The highest BCUT2D eigenvalue weighted by Gasteiger charge is 2.69. The molecule has 2 aliphatic rings. The van der Waals surface area contributed by atoms with Crippen LogP contribution >= 0.6 is 0 Å². The van der Waals surface area contributed by atoms with E-state index in [0.29, 0.717) is 6.54 Å². The smallest absolute Gasteiger partial charge is 0.252 e. The van der Waals surface area contributed by atoms with E-state index in [1.165, 1.54) is 4.90 Å². The highest BCUT2D eigenvalue weighted by Crippen LogP contribution is 2.65. The van der Waals surface area contributed by atoms with Gasteiger partial charge in [-0.2, -0.15) is 5.26 Å². The van der Waals surface area contributed by atoms with Crippen molar-refractivity contribution in [3.8, 4) is 6.07 Å². The molecule has 3 rings (SSSR count). The number of halogens is 2. The van der Waals surface area contributed by atoms with Gasteiger partial charge in [0.2, 0.25) is 11.8 Å². The van der Waals surface area contributed by atoms with Gasteiger partial charge in [0.25, 0.3) is 5.91 Å². The van der Waals surface area contributed by atoms with Gasteiger partial charge in [-0.3, -0.25) is 14.4 Å². The van der Waals surface area contributed by atoms with Gasteiger partial charge < -0.3 is 15.5 Å². The van der Waals surface area contributed by atoms with E-state index in [0.717, 1.165) is 18.2 Å². The zero-order valence-electron chi connectivity index (χ0n) is 19.7. The fourth-order valence-electron chi connectivity index (χ4n) is 4.81. The summed E-state index contributed by atoms with van der Waals surface area (Å²) in [4.78, 5) is 40.9. The van der Waals surface area contributed by atoms with Crippen LogP contribution in [0.1, 0.15) is 51.9 Å². The Labute approximate surface area is 192 Å². The molecule has 0 bridgehead atoms. The number of carbonyl (C=O) groups is 3. The lowest BCUT2D eigenvalue weighted by Crippen LogP contribution is -2.59. The number of benzene rings is 1. The maximum Gasteiger partial charge on any atom is 0.252 e. The number of hydrogen-bond donors (Lipinski definition) is 2. The van der Waals surface area contributed by atoms with E-state index in [-0.39, 0.29) is 22.8 Å². The number of hydrogen-bond acceptors (Lipinski definition) is 4. The minimum absolute atomic E-state index is 0.0464. The first kappa shape index (κ1) is 24.6. The third-order valence-corrected chi connectivity index (χ3v) is 6.88. The molecule has 33 heavy (non-hydrogen) atoms. The predicted octanol–water partition coefficient (Wildman–Crippen LogP) is 2.62. The minimum Gasteiger partial charge on any atom is -0.340 e. The van der Waals surface area contributed by atoms with Crippen molar-refractivity contribution in [2.45, 2.75) is 59.7 Å². The molecule has 1 aliphatic carbocycles. The van der Waals surface area contributed by atoms with E-state index in [9.17, 15) is 23.2 Å². The Kier molecular flexibility index (Phi) is 6.26. The second-order valence-corrected chi connectivity index (χ2v) is 10.6. The standard InChI is InChI=1S/C24H30F2N4O3/c1-12(10-27)28-21(32)18-17-14(24(17,5)6)11-30(18)22(33)19(23(2,3)4)29-20(31)13-7-8-15(25)16(26)9-13/h7-9,12,14,17-19H,11H2,1-6H3,(H,28,32)(H,29,31)/t12-,14-,17-,18-,19+/m0/s1. The number of carbonyl (C=O) groups excluding carboxylic acids is 3. The number of nitrogens with one attached hydrogen (secondary N) is 2. The maximum atomic E-state index is 13.7. The molecule has 1 saturated heterocycles. The number of nitrogens with zero attached hydrogens (tertiary/aromatic N) is 2. The number of rotatable bonds is 5. The van der Waals surface area contributed by atoms with Gasteiger partial charge in [-0.05, 0) is 47.8 Å². The van der Waals surface area contributed by atoms with Gasteiger partial charge in [0.1, 0.15) is 18.1 Å². The Bertz CT molecular complexity index is 1030. The average Bonchev–Trinajstić information content (AvgIpc) is 3.07. The zero-order chi connectivity index (χ0) is 24.9. The van der Waals surface area contributed by atoms with Crippen LogP contribution in [0.4, 0.5) is 8.78 Å². The molecule has 5 atom stereocenters. The third kappa shape index (κ3) is 4.56. The van der Waals surface area contributed by atoms with Crippen LogP contribution in [0.2, 0.25) is 0 Å². The van der Waals surface area contributed by atoms with Crippen molar-refractivity contribution in [3.63, 3.8) is 0 Å². The predicted molar refractivity (Wildman–Crippen MR) is 117 cm³/mol. The number of piperidine rings is 1. The zero-order valence-corrected chi connectivity index (χ0v) is 19.7. The van der Waals surface area contributed by atoms with Gasteiger partial charge in [-0.1, -0.05) is 34.6 Å². The average molecular weight is 461 g/mol. The molecule has 2 N–H and O–H groups in total. The summed E-state index contributed by atoms with van der Waals surface area (Å²) < 4.78 is 26.9. The van der Waals surface area contributed by atoms with Crippen LogP contribution in [-0.4, -0.2) is 47.3 Å². The SMILES string of the molecule is C[C@@H](C#N)NC(=O)[C@@H]1[C@@H]2[C@H](CN1C(=O)[C@@H](NC(=O)c1ccc(F)c(F)c1)C(C)(C)C)C2(C)C. The summed E-state index contributed by atoms with van der Waals surface area (Å²) in [5.41, 5.74) is -0.950. The Morgan fingerprint density at radius 1 is 1.18 bits per heavy atom. The molecule has 1 heterocycles. The van der Waals surface area contributed by atoms with Crippen LogP contribution < -0.4 is 10.6 Å². The van der Waals surface area contributed by atoms with Crippen LogP contribution in [-0.2, 0) is 9.59 Å². The van der Waals surface area contributed by atoms with Crippen LogP contribution in [0, 0.1) is 45.6 Å². The molecule has 1 aromatic carbocycles. The fraction of sp³-hybridized carbons (Fsp3) is 0.583. The molecular formula is C24H30F2N4O3. The lowest BCUT2D eigenvalue weighted by atomic mass is 9.85. The number of nitriles is 1. The van der Waals surface area contributed by atoms with Crippen molar-refractivity contribution in [2.75, 3.05) is 6.54 Å². The maximum absolute atomic E-state index is 13.7. The Balaban J connectivity index is 1.86. The largest absolute Gasteiger partial charge is 0.340 e. The molecule has 178 valence electrons. The summed E-state index contributed by atoms with van der Waals surface area (Å²) >= 11 is 0. The van der Waals surface area contributed by atoms with E-state index >= 15 is 0 Å². The Hall–Kier alpha value is -3.02. The second kappa shape index (κ2) is 8.40. The van der Waals surface area contributed by atoms with Gasteiger partial charge in [0.15, 0.2) is 11.6 Å². The second-order valence-electron chi connectivity index (χ2n) is 10.6. The van der Waals surface area contributed by atoms with Crippen molar-refractivity contribution < 1.29 is 23.2 Å². The Morgan fingerprint density at radius 2 is 1.82 bits per heavy atom. The van der Waals surface area contributed by atoms with Gasteiger partial charge in [-0.15, -0.1) is 0 Å². The van der Waals surface area contributed by atoms with Crippen molar-refractivity contribution in [3.05, 3.63) is 35.4 Å². The van der Waals surface area contributed by atoms with Crippen molar-refractivity contribution in [1.82, 2.24) is 15.5 Å². The molecule has 1 aromatic rings. The first-order chi connectivity index (χ1) is 15.2. The minimum atomic E-state index is -1.16. The quantitative estimate of drug-likeness (QED) is 0.705. The molecule has 0 unspecified atom stereocenters. The third-order valence-electron chi connectivity index (χ3n) is 6.88. The fourth-order valence-corrected chi connectivity index (χ4v) is 4.81. The van der Waals surface area contributed by atoms with E-state index < -0.39 is 52.9 Å². The molecule has 9 heteroatoms. The molecular weight excluding hydrogens is 430 g/mol. The van der Waals surface area contributed by atoms with Crippen molar-refractivity contribution in [1.29, 1.82) is 5.26 Å².